The van der Waals surface area contributed by atoms with Gasteiger partial charge in [-0.2, -0.15) is 0 Å². The van der Waals surface area contributed by atoms with Crippen molar-refractivity contribution < 1.29 is 13.2 Å². The lowest BCUT2D eigenvalue weighted by molar-refractivity contribution is 0.197. The number of benzene rings is 1. The molecule has 1 aromatic carbocycles. The van der Waals surface area contributed by atoms with E-state index in [9.17, 15) is 13.2 Å². The maximum Gasteiger partial charge on any atom is 0.322 e. The molecule has 1 aromatic heterocycles. The molecule has 1 saturated heterocycles. The highest BCUT2D eigenvalue weighted by Crippen LogP contribution is 2.22. The van der Waals surface area contributed by atoms with Gasteiger partial charge in [-0.05, 0) is 25.5 Å². The average Bonchev–Trinajstić information content (AvgIpc) is 3.18. The van der Waals surface area contributed by atoms with E-state index in [1.54, 1.807) is 23.5 Å². The van der Waals surface area contributed by atoms with Crippen LogP contribution < -0.4 is 5.32 Å². The second kappa shape index (κ2) is 6.64. The Labute approximate surface area is 141 Å². The number of rotatable bonds is 4. The number of sulfone groups is 1. The number of carbonyl (C=O) groups is 1. The third-order valence-electron chi connectivity index (χ3n) is 4.17. The van der Waals surface area contributed by atoms with Crippen molar-refractivity contribution in [1.29, 1.82) is 0 Å². The van der Waals surface area contributed by atoms with E-state index in [1.165, 1.54) is 0 Å². The SMILES string of the molecule is CCN(C(=O)Nc1cccc(-c2cnc[nH]2)c1)[C@H]1CCS(=O)(=O)C1. The first-order valence-corrected chi connectivity index (χ1v) is 9.67. The molecule has 8 heteroatoms. The van der Waals surface area contributed by atoms with Crippen LogP contribution in [0.3, 0.4) is 0 Å². The van der Waals surface area contributed by atoms with E-state index in [0.29, 0.717) is 18.7 Å². The van der Waals surface area contributed by atoms with Crippen LogP contribution in [0.4, 0.5) is 10.5 Å². The standard InChI is InChI=1S/C16H20N4O3S/c1-2-20(14-6-7-24(22,23)10-14)16(21)19-13-5-3-4-12(8-13)15-9-17-11-18-15/h3-5,8-9,11,14H,2,6-7,10H2,1H3,(H,17,18)(H,19,21)/t14-/m0/s1. The molecule has 1 aliphatic heterocycles. The minimum absolute atomic E-state index is 0.0441. The van der Waals surface area contributed by atoms with Crippen molar-refractivity contribution in [2.24, 2.45) is 0 Å². The number of aromatic amines is 1. The van der Waals surface area contributed by atoms with Crippen LogP contribution in [0, 0.1) is 0 Å². The lowest BCUT2D eigenvalue weighted by Crippen LogP contribution is -2.43. The maximum atomic E-state index is 12.5. The zero-order chi connectivity index (χ0) is 17.2. The van der Waals surface area contributed by atoms with Crippen molar-refractivity contribution in [3.05, 3.63) is 36.8 Å². The molecule has 24 heavy (non-hydrogen) atoms. The molecule has 128 valence electrons. The van der Waals surface area contributed by atoms with Crippen molar-refractivity contribution in [3.8, 4) is 11.3 Å². The van der Waals surface area contributed by atoms with E-state index in [-0.39, 0.29) is 23.6 Å². The van der Waals surface area contributed by atoms with Gasteiger partial charge in [-0.1, -0.05) is 12.1 Å². The van der Waals surface area contributed by atoms with E-state index < -0.39 is 9.84 Å². The van der Waals surface area contributed by atoms with Gasteiger partial charge in [0, 0.05) is 23.8 Å². The Morgan fingerprint density at radius 1 is 1.46 bits per heavy atom. The van der Waals surface area contributed by atoms with E-state index in [0.717, 1.165) is 11.3 Å². The average molecular weight is 348 g/mol. The zero-order valence-electron chi connectivity index (χ0n) is 13.4. The fourth-order valence-corrected chi connectivity index (χ4v) is 4.69. The van der Waals surface area contributed by atoms with Gasteiger partial charge in [-0.3, -0.25) is 0 Å². The van der Waals surface area contributed by atoms with Crippen LogP contribution in [-0.4, -0.2) is 53.4 Å². The number of carbonyl (C=O) groups excluding carboxylic acids is 1. The molecule has 0 radical (unpaired) electrons. The summed E-state index contributed by atoms with van der Waals surface area (Å²) < 4.78 is 23.3. The summed E-state index contributed by atoms with van der Waals surface area (Å²) in [7, 11) is -3.03. The topological polar surface area (TPSA) is 95.2 Å². The number of urea groups is 1. The monoisotopic (exact) mass is 348 g/mol. The van der Waals surface area contributed by atoms with E-state index in [4.69, 9.17) is 0 Å². The lowest BCUT2D eigenvalue weighted by atomic mass is 10.1. The molecular weight excluding hydrogens is 328 g/mol. The molecule has 0 spiro atoms. The molecule has 1 atom stereocenters. The van der Waals surface area contributed by atoms with Crippen LogP contribution in [0.15, 0.2) is 36.8 Å². The number of hydrogen-bond donors (Lipinski definition) is 2. The number of anilines is 1. The molecule has 2 aromatic rings. The lowest BCUT2D eigenvalue weighted by Gasteiger charge is -2.27. The highest BCUT2D eigenvalue weighted by Gasteiger charge is 2.33. The molecule has 0 aliphatic carbocycles. The number of aromatic nitrogens is 2. The van der Waals surface area contributed by atoms with Gasteiger partial charge in [0.15, 0.2) is 9.84 Å². The van der Waals surface area contributed by atoms with Crippen molar-refractivity contribution in [3.63, 3.8) is 0 Å². The molecule has 2 heterocycles. The first kappa shape index (κ1) is 16.5. The summed E-state index contributed by atoms with van der Waals surface area (Å²) >= 11 is 0. The first-order chi connectivity index (χ1) is 11.5. The number of imidazole rings is 1. The van der Waals surface area contributed by atoms with Crippen LogP contribution in [0.2, 0.25) is 0 Å². The van der Waals surface area contributed by atoms with Crippen molar-refractivity contribution >= 4 is 21.6 Å². The molecule has 7 nitrogen and oxygen atoms in total. The second-order valence-corrected chi connectivity index (χ2v) is 8.05. The minimum atomic E-state index is -3.03. The Hall–Kier alpha value is -2.35. The molecule has 2 N–H and O–H groups in total. The zero-order valence-corrected chi connectivity index (χ0v) is 14.2. The predicted molar refractivity (Wildman–Crippen MR) is 92.5 cm³/mol. The van der Waals surface area contributed by atoms with Gasteiger partial charge >= 0.3 is 6.03 Å². The summed E-state index contributed by atoms with van der Waals surface area (Å²) in [6.45, 7) is 2.32. The molecular formula is C16H20N4O3S. The van der Waals surface area contributed by atoms with Gasteiger partial charge in [0.25, 0.3) is 0 Å². The maximum absolute atomic E-state index is 12.5. The largest absolute Gasteiger partial charge is 0.345 e. The molecule has 1 aliphatic rings. The molecule has 0 unspecified atom stereocenters. The first-order valence-electron chi connectivity index (χ1n) is 7.85. The van der Waals surface area contributed by atoms with Crippen molar-refractivity contribution in [2.75, 3.05) is 23.4 Å². The Morgan fingerprint density at radius 3 is 2.92 bits per heavy atom. The van der Waals surface area contributed by atoms with Gasteiger partial charge in [0.05, 0.1) is 29.7 Å². The predicted octanol–water partition coefficient (Wildman–Crippen LogP) is 2.12. The molecule has 2 amide bonds. The van der Waals surface area contributed by atoms with Crippen molar-refractivity contribution in [2.45, 2.75) is 19.4 Å². The highest BCUT2D eigenvalue weighted by atomic mass is 32.2. The van der Waals surface area contributed by atoms with Gasteiger partial charge < -0.3 is 15.2 Å². The Morgan fingerprint density at radius 2 is 2.29 bits per heavy atom. The Balaban J connectivity index is 1.73. The quantitative estimate of drug-likeness (QED) is 0.885. The summed E-state index contributed by atoms with van der Waals surface area (Å²) in [4.78, 5) is 21.1. The van der Waals surface area contributed by atoms with Crippen LogP contribution >= 0.6 is 0 Å². The smallest absolute Gasteiger partial charge is 0.322 e. The number of hydrogen-bond acceptors (Lipinski definition) is 4. The summed E-state index contributed by atoms with van der Waals surface area (Å²) in [5, 5.41) is 2.86. The fraction of sp³-hybridized carbons (Fsp3) is 0.375. The Bertz CT molecular complexity index is 818. The van der Waals surface area contributed by atoms with Crippen LogP contribution in [0.25, 0.3) is 11.3 Å². The van der Waals surface area contributed by atoms with Gasteiger partial charge in [0.2, 0.25) is 0 Å². The highest BCUT2D eigenvalue weighted by molar-refractivity contribution is 7.91. The number of H-pyrrole nitrogens is 1. The van der Waals surface area contributed by atoms with Crippen LogP contribution in [0.1, 0.15) is 13.3 Å². The fourth-order valence-electron chi connectivity index (χ4n) is 2.96. The molecule has 0 bridgehead atoms. The van der Waals surface area contributed by atoms with Gasteiger partial charge in [-0.15, -0.1) is 0 Å². The van der Waals surface area contributed by atoms with E-state index in [2.05, 4.69) is 15.3 Å². The molecule has 3 rings (SSSR count). The van der Waals surface area contributed by atoms with E-state index >= 15 is 0 Å². The molecule has 1 fully saturated rings. The molecule has 0 saturated carbocycles. The normalized spacial score (nSPS) is 19.1. The third kappa shape index (κ3) is 3.59. The number of amides is 2. The summed E-state index contributed by atoms with van der Waals surface area (Å²) in [5.74, 6) is 0.194. The third-order valence-corrected chi connectivity index (χ3v) is 5.92. The number of nitrogens with zero attached hydrogens (tertiary/aromatic N) is 2. The number of nitrogens with one attached hydrogen (secondary N) is 2. The summed E-state index contributed by atoms with van der Waals surface area (Å²) in [6.07, 6.45) is 3.81. The Kier molecular flexibility index (Phi) is 4.57. The van der Waals surface area contributed by atoms with Gasteiger partial charge in [0.1, 0.15) is 0 Å². The van der Waals surface area contributed by atoms with E-state index in [1.807, 2.05) is 25.1 Å². The van der Waals surface area contributed by atoms with Crippen LogP contribution in [0.5, 0.6) is 0 Å². The van der Waals surface area contributed by atoms with Crippen molar-refractivity contribution in [1.82, 2.24) is 14.9 Å². The second-order valence-electron chi connectivity index (χ2n) is 5.82. The summed E-state index contributed by atoms with van der Waals surface area (Å²) in [5.41, 5.74) is 2.43. The van der Waals surface area contributed by atoms with Gasteiger partial charge in [-0.25, -0.2) is 18.2 Å². The van der Waals surface area contributed by atoms with Crippen LogP contribution in [-0.2, 0) is 9.84 Å². The minimum Gasteiger partial charge on any atom is -0.345 e. The summed E-state index contributed by atoms with van der Waals surface area (Å²) in [6, 6.07) is 6.89.